The van der Waals surface area contributed by atoms with Crippen LogP contribution in [0.5, 0.6) is 11.5 Å². The number of nitrogens with zero attached hydrogens (tertiary/aromatic N) is 1. The monoisotopic (exact) mass is 472 g/mol. The Balaban J connectivity index is 2.26. The molecule has 0 aliphatic rings. The Morgan fingerprint density at radius 3 is 2.16 bits per heavy atom. The van der Waals surface area contributed by atoms with Gasteiger partial charge in [-0.1, -0.05) is 39.2 Å². The van der Waals surface area contributed by atoms with Crippen molar-refractivity contribution in [3.63, 3.8) is 0 Å². The highest BCUT2D eigenvalue weighted by atomic mass is 32.2. The maximum atomic E-state index is 12.3. The van der Waals surface area contributed by atoms with E-state index < -0.39 is 22.2 Å². The Hall–Kier alpha value is -1.84. The van der Waals surface area contributed by atoms with Crippen molar-refractivity contribution in [1.29, 1.82) is 0 Å². The first-order chi connectivity index (χ1) is 15.3. The molecule has 184 valence electrons. The maximum Gasteiger partial charge on any atom is 0.304 e. The third-order valence-electron chi connectivity index (χ3n) is 5.10. The van der Waals surface area contributed by atoms with E-state index in [9.17, 15) is 13.2 Å². The van der Waals surface area contributed by atoms with Crippen molar-refractivity contribution in [2.45, 2.75) is 77.7 Å². The Morgan fingerprint density at radius 1 is 1.03 bits per heavy atom. The molecule has 0 fully saturated rings. The standard InChI is InChI=1S/C23H40N2O6S/c1-4-6-7-10-16-30-21-13-12-14-22(19-21)31-17-11-8-9-15-25(3)32(28,29)24-20(5-2)18-23(26)27/h12-14,19-20,24H,4-11,15-18H2,1-3H3,(H,26,27)/t20-/m0/s1. The molecule has 1 aromatic rings. The van der Waals surface area contributed by atoms with E-state index in [0.29, 0.717) is 32.6 Å². The van der Waals surface area contributed by atoms with Gasteiger partial charge >= 0.3 is 5.97 Å². The van der Waals surface area contributed by atoms with Crippen LogP contribution in [0.2, 0.25) is 0 Å². The van der Waals surface area contributed by atoms with Gasteiger partial charge in [0.15, 0.2) is 0 Å². The fourth-order valence-electron chi connectivity index (χ4n) is 3.08. The van der Waals surface area contributed by atoms with Crippen LogP contribution >= 0.6 is 0 Å². The summed E-state index contributed by atoms with van der Waals surface area (Å²) in [7, 11) is -2.20. The molecule has 0 unspecified atom stereocenters. The number of carboxylic acid groups (broad SMARTS) is 1. The molecule has 0 saturated heterocycles. The van der Waals surface area contributed by atoms with Crippen LogP contribution in [-0.2, 0) is 15.0 Å². The van der Waals surface area contributed by atoms with Gasteiger partial charge in [0.1, 0.15) is 11.5 Å². The number of rotatable bonds is 19. The number of hydrogen-bond donors (Lipinski definition) is 2. The lowest BCUT2D eigenvalue weighted by Gasteiger charge is -2.21. The summed E-state index contributed by atoms with van der Waals surface area (Å²) < 4.78 is 39.9. The second-order valence-corrected chi connectivity index (χ2v) is 9.75. The van der Waals surface area contributed by atoms with Crippen molar-refractivity contribution in [3.8, 4) is 11.5 Å². The van der Waals surface area contributed by atoms with Gasteiger partial charge in [-0.25, -0.2) is 0 Å². The molecule has 0 radical (unpaired) electrons. The fourth-order valence-corrected chi connectivity index (χ4v) is 4.30. The van der Waals surface area contributed by atoms with Crippen LogP contribution in [0.3, 0.4) is 0 Å². The van der Waals surface area contributed by atoms with Crippen LogP contribution < -0.4 is 14.2 Å². The van der Waals surface area contributed by atoms with E-state index >= 15 is 0 Å². The molecule has 32 heavy (non-hydrogen) atoms. The summed E-state index contributed by atoms with van der Waals surface area (Å²) >= 11 is 0. The topological polar surface area (TPSA) is 105 Å². The van der Waals surface area contributed by atoms with Gasteiger partial charge in [-0.15, -0.1) is 0 Å². The first-order valence-corrected chi connectivity index (χ1v) is 13.0. The minimum Gasteiger partial charge on any atom is -0.493 e. The van der Waals surface area contributed by atoms with Crippen molar-refractivity contribution in [1.82, 2.24) is 9.03 Å². The molecule has 1 rings (SSSR count). The zero-order valence-corrected chi connectivity index (χ0v) is 20.5. The molecule has 0 saturated carbocycles. The SMILES string of the molecule is CCCCCCOc1cccc(OCCCCCN(C)S(=O)(=O)N[C@@H](CC)CC(=O)O)c1. The molecule has 2 N–H and O–H groups in total. The third-order valence-corrected chi connectivity index (χ3v) is 6.73. The molecule has 1 atom stereocenters. The molecule has 9 heteroatoms. The molecule has 0 heterocycles. The highest BCUT2D eigenvalue weighted by Gasteiger charge is 2.22. The lowest BCUT2D eigenvalue weighted by atomic mass is 10.2. The highest BCUT2D eigenvalue weighted by Crippen LogP contribution is 2.20. The summed E-state index contributed by atoms with van der Waals surface area (Å²) in [5.41, 5.74) is 0. The minimum absolute atomic E-state index is 0.230. The minimum atomic E-state index is -3.70. The van der Waals surface area contributed by atoms with Gasteiger partial charge in [0.25, 0.3) is 10.2 Å². The van der Waals surface area contributed by atoms with Gasteiger partial charge < -0.3 is 14.6 Å². The molecule has 0 aliphatic carbocycles. The van der Waals surface area contributed by atoms with E-state index in [1.807, 2.05) is 24.3 Å². The largest absolute Gasteiger partial charge is 0.493 e. The predicted molar refractivity (Wildman–Crippen MR) is 126 cm³/mol. The van der Waals surface area contributed by atoms with Crippen molar-refractivity contribution in [2.75, 3.05) is 26.8 Å². The van der Waals surface area contributed by atoms with E-state index in [-0.39, 0.29) is 6.42 Å². The van der Waals surface area contributed by atoms with E-state index in [0.717, 1.165) is 30.8 Å². The van der Waals surface area contributed by atoms with Crippen LogP contribution in [0, 0.1) is 0 Å². The molecule has 1 aromatic carbocycles. The maximum absolute atomic E-state index is 12.3. The quantitative estimate of drug-likeness (QED) is 0.292. The van der Waals surface area contributed by atoms with Gasteiger partial charge in [-0.2, -0.15) is 17.4 Å². The second kappa shape index (κ2) is 15.9. The van der Waals surface area contributed by atoms with Gasteiger partial charge in [-0.3, -0.25) is 4.79 Å². The van der Waals surface area contributed by atoms with Gasteiger partial charge in [-0.05, 0) is 44.2 Å². The normalized spacial score (nSPS) is 12.6. The molecule has 8 nitrogen and oxygen atoms in total. The number of nitrogens with one attached hydrogen (secondary N) is 1. The van der Waals surface area contributed by atoms with Crippen LogP contribution in [-0.4, -0.2) is 56.6 Å². The van der Waals surface area contributed by atoms with Crippen molar-refractivity contribution >= 4 is 16.2 Å². The number of benzene rings is 1. The second-order valence-electron chi connectivity index (χ2n) is 7.94. The van der Waals surface area contributed by atoms with Gasteiger partial charge in [0.05, 0.1) is 19.6 Å². The lowest BCUT2D eigenvalue weighted by Crippen LogP contribution is -2.44. The summed E-state index contributed by atoms with van der Waals surface area (Å²) in [5.74, 6) is 0.557. The summed E-state index contributed by atoms with van der Waals surface area (Å²) in [6, 6.07) is 7.03. The van der Waals surface area contributed by atoms with Crippen molar-refractivity contribution in [3.05, 3.63) is 24.3 Å². The van der Waals surface area contributed by atoms with Crippen molar-refractivity contribution in [2.24, 2.45) is 0 Å². The van der Waals surface area contributed by atoms with Crippen LogP contribution in [0.1, 0.15) is 71.6 Å². The van der Waals surface area contributed by atoms with E-state index in [4.69, 9.17) is 14.6 Å². The highest BCUT2D eigenvalue weighted by molar-refractivity contribution is 7.87. The number of carbonyl (C=O) groups is 1. The number of aliphatic carboxylic acids is 1. The Bertz CT molecular complexity index is 757. The van der Waals surface area contributed by atoms with Crippen LogP contribution in [0.4, 0.5) is 0 Å². The summed E-state index contributed by atoms with van der Waals surface area (Å²) in [6.07, 6.45) is 7.18. The van der Waals surface area contributed by atoms with E-state index in [2.05, 4.69) is 11.6 Å². The molecule has 0 bridgehead atoms. The van der Waals surface area contributed by atoms with Gasteiger partial charge in [0, 0.05) is 25.7 Å². The molecule has 0 amide bonds. The Labute approximate surface area is 193 Å². The number of hydrogen-bond acceptors (Lipinski definition) is 5. The molecular weight excluding hydrogens is 432 g/mol. The number of carboxylic acids is 1. The summed E-state index contributed by atoms with van der Waals surface area (Å²) in [4.78, 5) is 10.8. The first-order valence-electron chi connectivity index (χ1n) is 11.6. The Morgan fingerprint density at radius 2 is 1.62 bits per heavy atom. The van der Waals surface area contributed by atoms with E-state index in [1.54, 1.807) is 6.92 Å². The predicted octanol–water partition coefficient (Wildman–Crippen LogP) is 4.21. The fraction of sp³-hybridized carbons (Fsp3) is 0.696. The Kier molecular flexibility index (Phi) is 14.0. The molecular formula is C23H40N2O6S. The average molecular weight is 473 g/mol. The zero-order chi connectivity index (χ0) is 23.8. The summed E-state index contributed by atoms with van der Waals surface area (Å²) in [6.45, 7) is 5.56. The molecule has 0 aliphatic heterocycles. The number of ether oxygens (including phenoxy) is 2. The van der Waals surface area contributed by atoms with Crippen molar-refractivity contribution < 1.29 is 27.8 Å². The third kappa shape index (κ3) is 12.3. The zero-order valence-electron chi connectivity index (χ0n) is 19.7. The van der Waals surface area contributed by atoms with Crippen LogP contribution in [0.15, 0.2) is 24.3 Å². The smallest absolute Gasteiger partial charge is 0.304 e. The number of unbranched alkanes of at least 4 members (excludes halogenated alkanes) is 5. The lowest BCUT2D eigenvalue weighted by molar-refractivity contribution is -0.137. The van der Waals surface area contributed by atoms with E-state index in [1.165, 1.54) is 30.6 Å². The van der Waals surface area contributed by atoms with Crippen LogP contribution in [0.25, 0.3) is 0 Å². The molecule has 0 aromatic heterocycles. The summed E-state index contributed by atoms with van der Waals surface area (Å²) in [5, 5.41) is 8.87. The first kappa shape index (κ1) is 28.2. The van der Waals surface area contributed by atoms with Gasteiger partial charge in [0.2, 0.25) is 0 Å². The average Bonchev–Trinajstić information content (AvgIpc) is 2.75. The molecule has 0 spiro atoms.